The van der Waals surface area contributed by atoms with Gasteiger partial charge in [-0.15, -0.1) is 0 Å². The molecule has 2 N–H and O–H groups in total. The molecule has 2 aliphatic rings. The molecule has 0 aliphatic carbocycles. The molecule has 1 aromatic carbocycles. The Morgan fingerprint density at radius 1 is 1.23 bits per heavy atom. The number of nitrogens with one attached hydrogen (secondary N) is 2. The zero-order valence-electron chi connectivity index (χ0n) is 14.6. The van der Waals surface area contributed by atoms with Crippen molar-refractivity contribution >= 4 is 21.4 Å². The molecule has 0 amide bonds. The standard InChI is InChI=1S/C16H24N4O5S/c21-20(22)16-13-14(26(23,24)19-6-1-2-7-19)3-4-15(16)17-5-8-18-9-11-25-12-10-18/h3-4,13,17H,1-2,5-12H2/p+1. The minimum Gasteiger partial charge on any atom is -0.374 e. The van der Waals surface area contributed by atoms with Crippen LogP contribution in [0.1, 0.15) is 12.8 Å². The van der Waals surface area contributed by atoms with E-state index in [1.54, 1.807) is 0 Å². The van der Waals surface area contributed by atoms with Crippen molar-refractivity contribution in [3.63, 3.8) is 0 Å². The third kappa shape index (κ3) is 4.32. The fraction of sp³-hybridized carbons (Fsp3) is 0.625. The van der Waals surface area contributed by atoms with Crippen LogP contribution in [0.2, 0.25) is 0 Å². The Morgan fingerprint density at radius 3 is 2.58 bits per heavy atom. The molecule has 0 aromatic heterocycles. The number of quaternary nitrogens is 1. The summed E-state index contributed by atoms with van der Waals surface area (Å²) >= 11 is 0. The average molecular weight is 385 g/mol. The molecule has 0 spiro atoms. The molecule has 0 atom stereocenters. The van der Waals surface area contributed by atoms with Gasteiger partial charge in [0.2, 0.25) is 10.0 Å². The molecule has 9 nitrogen and oxygen atoms in total. The van der Waals surface area contributed by atoms with Crippen molar-refractivity contribution in [3.8, 4) is 0 Å². The molecule has 2 fully saturated rings. The maximum absolute atomic E-state index is 12.6. The first kappa shape index (κ1) is 19.0. The minimum atomic E-state index is -3.67. The number of benzene rings is 1. The van der Waals surface area contributed by atoms with E-state index < -0.39 is 14.9 Å². The van der Waals surface area contributed by atoms with E-state index in [-0.39, 0.29) is 10.6 Å². The normalized spacial score (nSPS) is 19.5. The number of rotatable bonds is 7. The number of hydrogen-bond acceptors (Lipinski definition) is 6. The van der Waals surface area contributed by atoms with Crippen LogP contribution in [0.25, 0.3) is 0 Å². The maximum atomic E-state index is 12.6. The second-order valence-corrected chi connectivity index (χ2v) is 8.52. The van der Waals surface area contributed by atoms with E-state index >= 15 is 0 Å². The van der Waals surface area contributed by atoms with Gasteiger partial charge in [0.1, 0.15) is 18.8 Å². The lowest BCUT2D eigenvalue weighted by molar-refractivity contribution is -0.906. The average Bonchev–Trinajstić information content (AvgIpc) is 3.18. The van der Waals surface area contributed by atoms with Crippen molar-refractivity contribution in [2.75, 3.05) is 57.8 Å². The first-order valence-electron chi connectivity index (χ1n) is 8.92. The van der Waals surface area contributed by atoms with E-state index in [9.17, 15) is 18.5 Å². The topological polar surface area (TPSA) is 106 Å². The van der Waals surface area contributed by atoms with Crippen molar-refractivity contribution in [1.29, 1.82) is 0 Å². The fourth-order valence-corrected chi connectivity index (χ4v) is 4.87. The molecule has 2 aliphatic heterocycles. The number of nitro benzene ring substituents is 1. The Hall–Kier alpha value is -1.75. The van der Waals surface area contributed by atoms with Gasteiger partial charge in [-0.25, -0.2) is 8.42 Å². The highest BCUT2D eigenvalue weighted by molar-refractivity contribution is 7.89. The molecular formula is C16H25N4O5S+. The summed E-state index contributed by atoms with van der Waals surface area (Å²) in [5.41, 5.74) is 0.144. The number of sulfonamides is 1. The second kappa shape index (κ2) is 8.30. The van der Waals surface area contributed by atoms with Gasteiger partial charge in [-0.3, -0.25) is 10.1 Å². The summed E-state index contributed by atoms with van der Waals surface area (Å²) in [6, 6.07) is 4.11. The molecule has 3 rings (SSSR count). The third-order valence-electron chi connectivity index (χ3n) is 4.86. The van der Waals surface area contributed by atoms with Gasteiger partial charge < -0.3 is 15.0 Å². The smallest absolute Gasteiger partial charge is 0.293 e. The Labute approximate surface area is 153 Å². The van der Waals surface area contributed by atoms with Crippen LogP contribution >= 0.6 is 0 Å². The molecule has 0 bridgehead atoms. The fourth-order valence-electron chi connectivity index (χ4n) is 3.33. The second-order valence-electron chi connectivity index (χ2n) is 6.59. The van der Waals surface area contributed by atoms with Gasteiger partial charge in [0.15, 0.2) is 0 Å². The summed E-state index contributed by atoms with van der Waals surface area (Å²) in [7, 11) is -3.67. The minimum absolute atomic E-state index is 0.0181. The Kier molecular flexibility index (Phi) is 6.07. The van der Waals surface area contributed by atoms with Crippen LogP contribution in [0, 0.1) is 10.1 Å². The van der Waals surface area contributed by atoms with Gasteiger partial charge in [0.25, 0.3) is 5.69 Å². The molecule has 2 heterocycles. The maximum Gasteiger partial charge on any atom is 0.293 e. The number of ether oxygens (including phenoxy) is 1. The van der Waals surface area contributed by atoms with E-state index in [0.717, 1.165) is 51.8 Å². The van der Waals surface area contributed by atoms with E-state index in [4.69, 9.17) is 4.74 Å². The summed E-state index contributed by atoms with van der Waals surface area (Å²) in [4.78, 5) is 12.3. The van der Waals surface area contributed by atoms with Crippen LogP contribution in [0.3, 0.4) is 0 Å². The van der Waals surface area contributed by atoms with Gasteiger partial charge in [0.05, 0.1) is 36.1 Å². The Morgan fingerprint density at radius 2 is 1.92 bits per heavy atom. The molecule has 0 saturated carbocycles. The number of nitrogens with zero attached hydrogens (tertiary/aromatic N) is 2. The number of nitro groups is 1. The van der Waals surface area contributed by atoms with E-state index in [2.05, 4.69) is 5.32 Å². The van der Waals surface area contributed by atoms with E-state index in [1.807, 2.05) is 0 Å². The molecule has 144 valence electrons. The molecule has 10 heteroatoms. The molecule has 26 heavy (non-hydrogen) atoms. The van der Waals surface area contributed by atoms with Crippen LogP contribution in [-0.4, -0.2) is 70.1 Å². The van der Waals surface area contributed by atoms with Crippen molar-refractivity contribution < 1.29 is 23.0 Å². The van der Waals surface area contributed by atoms with Gasteiger partial charge in [0, 0.05) is 19.2 Å². The number of morpholine rings is 1. The van der Waals surface area contributed by atoms with Crippen molar-refractivity contribution in [2.45, 2.75) is 17.7 Å². The monoisotopic (exact) mass is 385 g/mol. The molecule has 1 aromatic rings. The van der Waals surface area contributed by atoms with Crippen LogP contribution in [0.5, 0.6) is 0 Å². The quantitative estimate of drug-likeness (QED) is 0.493. The summed E-state index contributed by atoms with van der Waals surface area (Å²) in [5, 5.41) is 14.5. The molecule has 0 unspecified atom stereocenters. The molecular weight excluding hydrogens is 360 g/mol. The van der Waals surface area contributed by atoms with Crippen LogP contribution in [-0.2, 0) is 14.8 Å². The highest BCUT2D eigenvalue weighted by Crippen LogP contribution is 2.29. The van der Waals surface area contributed by atoms with Gasteiger partial charge in [-0.1, -0.05) is 0 Å². The molecule has 2 saturated heterocycles. The summed E-state index contributed by atoms with van der Waals surface area (Å²) < 4.78 is 31.9. The van der Waals surface area contributed by atoms with E-state index in [1.165, 1.54) is 21.3 Å². The summed E-state index contributed by atoms with van der Waals surface area (Å²) in [6.45, 7) is 5.67. The van der Waals surface area contributed by atoms with Crippen molar-refractivity contribution in [2.24, 2.45) is 0 Å². The van der Waals surface area contributed by atoms with Crippen LogP contribution in [0.15, 0.2) is 23.1 Å². The Bertz CT molecular complexity index is 743. The largest absolute Gasteiger partial charge is 0.374 e. The lowest BCUT2D eigenvalue weighted by Crippen LogP contribution is -3.14. The summed E-state index contributed by atoms with van der Waals surface area (Å²) in [5.74, 6) is 0. The highest BCUT2D eigenvalue weighted by Gasteiger charge is 2.29. The van der Waals surface area contributed by atoms with Crippen LogP contribution < -0.4 is 10.2 Å². The SMILES string of the molecule is O=[N+]([O-])c1cc(S(=O)(=O)N2CCCC2)ccc1NCC[NH+]1CCOCC1. The lowest BCUT2D eigenvalue weighted by Gasteiger charge is -2.23. The predicted molar refractivity (Wildman–Crippen MR) is 96.0 cm³/mol. The highest BCUT2D eigenvalue weighted by atomic mass is 32.2. The zero-order chi connectivity index (χ0) is 18.6. The first-order valence-corrected chi connectivity index (χ1v) is 10.4. The van der Waals surface area contributed by atoms with Gasteiger partial charge in [-0.2, -0.15) is 4.31 Å². The van der Waals surface area contributed by atoms with Crippen LogP contribution in [0.4, 0.5) is 11.4 Å². The van der Waals surface area contributed by atoms with Crippen molar-refractivity contribution in [3.05, 3.63) is 28.3 Å². The van der Waals surface area contributed by atoms with Gasteiger partial charge >= 0.3 is 0 Å². The third-order valence-corrected chi connectivity index (χ3v) is 6.76. The summed E-state index contributed by atoms with van der Waals surface area (Å²) in [6.07, 6.45) is 1.65. The first-order chi connectivity index (χ1) is 12.5. The lowest BCUT2D eigenvalue weighted by atomic mass is 10.2. The van der Waals surface area contributed by atoms with Crippen molar-refractivity contribution in [1.82, 2.24) is 4.31 Å². The number of anilines is 1. The van der Waals surface area contributed by atoms with E-state index in [0.29, 0.717) is 25.3 Å². The zero-order valence-corrected chi connectivity index (χ0v) is 15.5. The Balaban J connectivity index is 1.71. The predicted octanol–water partition coefficient (Wildman–Crippen LogP) is -0.294. The molecule has 0 radical (unpaired) electrons. The van der Waals surface area contributed by atoms with Gasteiger partial charge in [-0.05, 0) is 25.0 Å². The number of hydrogen-bond donors (Lipinski definition) is 2.